The van der Waals surface area contributed by atoms with Crippen LogP contribution in [0.15, 0.2) is 11.6 Å². The monoisotopic (exact) mass is 1030 g/mol. The molecular formula is C51H86O21. The van der Waals surface area contributed by atoms with Gasteiger partial charge in [0.15, 0.2) is 25.2 Å². The summed E-state index contributed by atoms with van der Waals surface area (Å²) in [5.41, 5.74) is 1.78. The molecule has 28 atom stereocenters. The molecule has 0 bridgehead atoms. The highest BCUT2D eigenvalue weighted by atomic mass is 16.8. The molecule has 13 N–H and O–H groups in total. The van der Waals surface area contributed by atoms with E-state index in [0.29, 0.717) is 30.1 Å². The maximum atomic E-state index is 11.5. The number of ether oxygens (including phenoxy) is 8. The predicted molar refractivity (Wildman–Crippen MR) is 250 cm³/mol. The first-order valence-corrected chi connectivity index (χ1v) is 26.7. The van der Waals surface area contributed by atoms with Crippen molar-refractivity contribution in [2.24, 2.45) is 46.3 Å². The van der Waals surface area contributed by atoms with Crippen LogP contribution in [0.2, 0.25) is 0 Å². The van der Waals surface area contributed by atoms with E-state index in [-0.39, 0.29) is 11.5 Å². The van der Waals surface area contributed by atoms with Crippen molar-refractivity contribution in [3.63, 3.8) is 0 Å². The molecule has 0 aromatic heterocycles. The Morgan fingerprint density at radius 3 is 1.68 bits per heavy atom. The Balaban J connectivity index is 0.848. The number of aliphatic hydroxyl groups is 13. The van der Waals surface area contributed by atoms with Crippen molar-refractivity contribution in [2.45, 2.75) is 234 Å². The molecule has 72 heavy (non-hydrogen) atoms. The van der Waals surface area contributed by atoms with Gasteiger partial charge in [0, 0.05) is 0 Å². The van der Waals surface area contributed by atoms with E-state index in [1.807, 2.05) is 0 Å². The fourth-order valence-electron chi connectivity index (χ4n) is 14.5. The summed E-state index contributed by atoms with van der Waals surface area (Å²) in [5.74, 6) is 4.22. The van der Waals surface area contributed by atoms with Crippen LogP contribution in [0, 0.1) is 46.3 Å². The van der Waals surface area contributed by atoms with E-state index >= 15 is 0 Å². The van der Waals surface area contributed by atoms with E-state index < -0.39 is 149 Å². The van der Waals surface area contributed by atoms with Gasteiger partial charge in [-0.3, -0.25) is 0 Å². The van der Waals surface area contributed by atoms with Crippen molar-refractivity contribution in [3.8, 4) is 0 Å². The van der Waals surface area contributed by atoms with Gasteiger partial charge in [-0.25, -0.2) is 0 Å². The van der Waals surface area contributed by atoms with Crippen molar-refractivity contribution in [1.29, 1.82) is 0 Å². The largest absolute Gasteiger partial charge is 0.394 e. The van der Waals surface area contributed by atoms with Crippen LogP contribution in [0.1, 0.15) is 105 Å². The molecule has 21 heteroatoms. The van der Waals surface area contributed by atoms with Gasteiger partial charge >= 0.3 is 0 Å². The van der Waals surface area contributed by atoms with Crippen molar-refractivity contribution in [2.75, 3.05) is 26.4 Å². The first-order chi connectivity index (χ1) is 34.2. The van der Waals surface area contributed by atoms with E-state index in [2.05, 4.69) is 40.7 Å². The molecule has 0 radical (unpaired) electrons. The van der Waals surface area contributed by atoms with Crippen LogP contribution in [-0.4, -0.2) is 222 Å². The van der Waals surface area contributed by atoms with Crippen molar-refractivity contribution in [3.05, 3.63) is 11.6 Å². The van der Waals surface area contributed by atoms with E-state index in [1.165, 1.54) is 50.5 Å². The Kier molecular flexibility index (Phi) is 18.6. The average molecular weight is 1040 g/mol. The highest BCUT2D eigenvalue weighted by Crippen LogP contribution is 2.67. The number of hydrogen-bond acceptors (Lipinski definition) is 21. The Bertz CT molecular complexity index is 1770. The minimum Gasteiger partial charge on any atom is -0.394 e. The number of hydrogen-bond donors (Lipinski definition) is 13. The molecular weight excluding hydrogens is 949 g/mol. The van der Waals surface area contributed by atoms with Crippen LogP contribution < -0.4 is 0 Å². The molecule has 4 heterocycles. The lowest BCUT2D eigenvalue weighted by molar-refractivity contribution is -0.374. The first kappa shape index (κ1) is 57.1. The van der Waals surface area contributed by atoms with Crippen molar-refractivity contribution >= 4 is 0 Å². The maximum absolute atomic E-state index is 11.5. The molecule has 8 rings (SSSR count). The zero-order chi connectivity index (χ0) is 52.1. The van der Waals surface area contributed by atoms with Crippen LogP contribution in [-0.2, 0) is 37.9 Å². The van der Waals surface area contributed by atoms with E-state index in [9.17, 15) is 66.4 Å². The molecule has 0 spiro atoms. The fourth-order valence-corrected chi connectivity index (χ4v) is 14.5. The van der Waals surface area contributed by atoms with Crippen LogP contribution in [0.25, 0.3) is 0 Å². The van der Waals surface area contributed by atoms with Crippen LogP contribution >= 0.6 is 0 Å². The number of aliphatic hydroxyl groups excluding tert-OH is 13. The van der Waals surface area contributed by atoms with Crippen LogP contribution in [0.4, 0.5) is 0 Å². The predicted octanol–water partition coefficient (Wildman–Crippen LogP) is -1.31. The SMILES string of the molecule is CC(C)CCC[C@@H](C)[C@H]1CC[C@H]2[C@@H]3CC=C4C[C@@H](O[C@@H]5OC(CO)[C@@H](O[C@H]6OC(CO[C@@H]7OC(CO)[C@@H](O[C@H]8OC(CO)[C@@H](O)[C@H](O)C8O)[C@H](O)C7O)[C@@H](O)[C@H](O)C6O)[C@H](O)C5O)CC[C@]4(C)[C@H]3CC[C@]12C. The first-order valence-electron chi connectivity index (χ1n) is 26.7. The molecule has 0 amide bonds. The number of fused-ring (bicyclic) bond motifs is 5. The number of allylic oxidation sites excluding steroid dienone is 1. The lowest BCUT2D eigenvalue weighted by Gasteiger charge is -2.58. The lowest BCUT2D eigenvalue weighted by Crippen LogP contribution is -2.66. The summed E-state index contributed by atoms with van der Waals surface area (Å²) in [6.07, 6.45) is -19.3. The second-order valence-corrected chi connectivity index (χ2v) is 23.5. The van der Waals surface area contributed by atoms with Gasteiger partial charge in [0.2, 0.25) is 0 Å². The smallest absolute Gasteiger partial charge is 0.187 e. The molecule has 4 aliphatic heterocycles. The van der Waals surface area contributed by atoms with Crippen molar-refractivity contribution in [1.82, 2.24) is 0 Å². The van der Waals surface area contributed by atoms with E-state index in [0.717, 1.165) is 36.5 Å². The Labute approximate surface area is 421 Å². The molecule has 7 fully saturated rings. The standard InChI is InChI=1S/C51H86O21/c1-22(2)7-6-8-23(3)27-11-12-28-26-10-9-24-17-25(13-15-50(24,4)29(26)14-16-51(27,28)5)66-47-43(64)39(60)45(32(20-54)69-47)72-49-41(62)37(58)35(56)33(70-49)21-65-46-42(63)38(59)44(31(19-53)68-46)71-48-40(61)36(57)34(55)30(18-52)67-48/h9,22-23,25-49,52-64H,6-8,10-21H2,1-5H3/t23-,25+,26+,27-,28+,29+,30?,31?,32?,33?,34-,35-,36+,37+,38-,39-,40?,41?,42?,43?,44-,45-,46-,47-,48-,49-,50+,51-/m1/s1. The topological polar surface area (TPSA) is 337 Å². The summed E-state index contributed by atoms with van der Waals surface area (Å²) in [4.78, 5) is 0. The van der Waals surface area contributed by atoms with Gasteiger partial charge in [-0.2, -0.15) is 0 Å². The molecule has 4 aliphatic carbocycles. The Morgan fingerprint density at radius 1 is 0.556 bits per heavy atom. The summed E-state index contributed by atoms with van der Waals surface area (Å²) in [5, 5.41) is 139. The zero-order valence-corrected chi connectivity index (χ0v) is 42.4. The summed E-state index contributed by atoms with van der Waals surface area (Å²) < 4.78 is 46.4. The normalized spacial score (nSPS) is 51.3. The molecule has 8 aliphatic rings. The minimum absolute atomic E-state index is 0.0373. The third-order valence-corrected chi connectivity index (χ3v) is 18.8. The molecule has 416 valence electrons. The molecule has 3 saturated carbocycles. The molecule has 8 unspecified atom stereocenters. The van der Waals surface area contributed by atoms with Gasteiger partial charge in [-0.05, 0) is 97.7 Å². The molecule has 0 aromatic carbocycles. The van der Waals surface area contributed by atoms with E-state index in [1.54, 1.807) is 0 Å². The van der Waals surface area contributed by atoms with Gasteiger partial charge in [-0.15, -0.1) is 0 Å². The molecule has 0 aromatic rings. The fraction of sp³-hybridized carbons (Fsp3) is 0.961. The highest BCUT2D eigenvalue weighted by Gasteiger charge is 2.60. The van der Waals surface area contributed by atoms with E-state index in [4.69, 9.17) is 37.9 Å². The highest BCUT2D eigenvalue weighted by molar-refractivity contribution is 5.25. The van der Waals surface area contributed by atoms with Crippen LogP contribution in [0.3, 0.4) is 0 Å². The Morgan fingerprint density at radius 2 is 1.08 bits per heavy atom. The van der Waals surface area contributed by atoms with Crippen molar-refractivity contribution < 1.29 is 104 Å². The van der Waals surface area contributed by atoms with Gasteiger partial charge in [0.05, 0.1) is 32.5 Å². The third kappa shape index (κ3) is 11.0. The zero-order valence-electron chi connectivity index (χ0n) is 42.4. The molecule has 21 nitrogen and oxygen atoms in total. The maximum Gasteiger partial charge on any atom is 0.187 e. The minimum atomic E-state index is -1.93. The summed E-state index contributed by atoms with van der Waals surface area (Å²) in [7, 11) is 0. The quantitative estimate of drug-likeness (QED) is 0.0752. The lowest BCUT2D eigenvalue weighted by atomic mass is 9.47. The summed E-state index contributed by atoms with van der Waals surface area (Å²) in [6.45, 7) is 9.12. The van der Waals surface area contributed by atoms with Crippen LogP contribution in [0.5, 0.6) is 0 Å². The van der Waals surface area contributed by atoms with Gasteiger partial charge in [0.25, 0.3) is 0 Å². The summed E-state index contributed by atoms with van der Waals surface area (Å²) in [6, 6.07) is 0. The van der Waals surface area contributed by atoms with Gasteiger partial charge < -0.3 is 104 Å². The number of rotatable bonds is 17. The van der Waals surface area contributed by atoms with Gasteiger partial charge in [0.1, 0.15) is 97.7 Å². The Hall–Kier alpha value is -1.10. The second-order valence-electron chi connectivity index (χ2n) is 23.5. The summed E-state index contributed by atoms with van der Waals surface area (Å²) >= 11 is 0. The van der Waals surface area contributed by atoms with Gasteiger partial charge in [-0.1, -0.05) is 65.5 Å². The third-order valence-electron chi connectivity index (χ3n) is 18.8. The average Bonchev–Trinajstić information content (AvgIpc) is 3.72. The molecule has 4 saturated heterocycles. The second kappa shape index (κ2) is 23.5.